The van der Waals surface area contributed by atoms with E-state index in [0.29, 0.717) is 33.8 Å². The lowest BCUT2D eigenvalue weighted by atomic mass is 9.83. The first-order valence-corrected chi connectivity index (χ1v) is 11.3. The highest BCUT2D eigenvalue weighted by Gasteiger charge is 2.35. The normalized spacial score (nSPS) is 15.0. The van der Waals surface area contributed by atoms with E-state index in [0.717, 1.165) is 0 Å². The summed E-state index contributed by atoms with van der Waals surface area (Å²) < 4.78 is 15.4. The van der Waals surface area contributed by atoms with Crippen molar-refractivity contribution >= 4 is 34.9 Å². The number of anilines is 1. The van der Waals surface area contributed by atoms with Crippen LogP contribution in [0.1, 0.15) is 46.1 Å². The molecule has 1 atom stereocenters. The van der Waals surface area contributed by atoms with E-state index in [1.165, 1.54) is 24.4 Å². The van der Waals surface area contributed by atoms with Crippen LogP contribution < -0.4 is 11.1 Å². The summed E-state index contributed by atoms with van der Waals surface area (Å²) in [5, 5.41) is 2.71. The SMILES string of the molecule is C=Cc1[nH]c(C(N)=O)c(C2C=CC(c3nccc(C)n3)=C(F)C2=O)c1-c1ccc(NC(=O)C(=C)C)cc1. The lowest BCUT2D eigenvalue weighted by Crippen LogP contribution is -2.21. The molecule has 1 aliphatic rings. The summed E-state index contributed by atoms with van der Waals surface area (Å²) in [4.78, 5) is 48.8. The summed E-state index contributed by atoms with van der Waals surface area (Å²) in [6, 6.07) is 8.39. The molecule has 0 bridgehead atoms. The van der Waals surface area contributed by atoms with Crippen LogP contribution in [0.5, 0.6) is 0 Å². The highest BCUT2D eigenvalue weighted by Crippen LogP contribution is 2.41. The molecular weight excluding hydrogens is 473 g/mol. The summed E-state index contributed by atoms with van der Waals surface area (Å²) in [5.41, 5.74) is 8.78. The van der Waals surface area contributed by atoms with Crippen LogP contribution in [0.3, 0.4) is 0 Å². The van der Waals surface area contributed by atoms with Crippen LogP contribution in [0.15, 0.2) is 73.2 Å². The molecule has 1 unspecified atom stereocenters. The number of amides is 2. The minimum Gasteiger partial charge on any atom is -0.364 e. The van der Waals surface area contributed by atoms with Crippen molar-refractivity contribution in [3.05, 3.63) is 102 Å². The molecule has 37 heavy (non-hydrogen) atoms. The van der Waals surface area contributed by atoms with Gasteiger partial charge in [0.2, 0.25) is 5.78 Å². The van der Waals surface area contributed by atoms with Gasteiger partial charge in [-0.3, -0.25) is 14.4 Å². The number of hydrogen-bond donors (Lipinski definition) is 3. The molecule has 2 heterocycles. The number of hydrogen-bond acceptors (Lipinski definition) is 5. The van der Waals surface area contributed by atoms with Crippen LogP contribution in [-0.4, -0.2) is 32.5 Å². The van der Waals surface area contributed by atoms with Gasteiger partial charge in [-0.05, 0) is 43.7 Å². The second-order valence-corrected chi connectivity index (χ2v) is 8.53. The Morgan fingerprint density at radius 1 is 1.22 bits per heavy atom. The number of nitrogens with two attached hydrogens (primary N) is 1. The minimum atomic E-state index is -1.14. The fourth-order valence-electron chi connectivity index (χ4n) is 4.06. The zero-order valence-corrected chi connectivity index (χ0v) is 20.3. The highest BCUT2D eigenvalue weighted by atomic mass is 19.1. The van der Waals surface area contributed by atoms with E-state index in [1.807, 2.05) is 0 Å². The number of carbonyl (C=O) groups is 3. The molecular formula is C28H24FN5O3. The average Bonchev–Trinajstić information content (AvgIpc) is 3.26. The monoisotopic (exact) mass is 497 g/mol. The first kappa shape index (κ1) is 25.2. The van der Waals surface area contributed by atoms with E-state index in [1.54, 1.807) is 44.2 Å². The molecule has 2 aromatic heterocycles. The largest absolute Gasteiger partial charge is 0.364 e. The van der Waals surface area contributed by atoms with Gasteiger partial charge in [0.25, 0.3) is 11.8 Å². The Kier molecular flexibility index (Phi) is 6.79. The van der Waals surface area contributed by atoms with Crippen LogP contribution in [0.2, 0.25) is 0 Å². The summed E-state index contributed by atoms with van der Waals surface area (Å²) in [6.45, 7) is 10.7. The number of rotatable bonds is 7. The third kappa shape index (κ3) is 4.79. The number of aromatic amines is 1. The average molecular weight is 498 g/mol. The van der Waals surface area contributed by atoms with Crippen LogP contribution in [-0.2, 0) is 9.59 Å². The predicted octanol–water partition coefficient (Wildman–Crippen LogP) is 4.64. The van der Waals surface area contributed by atoms with Gasteiger partial charge < -0.3 is 16.0 Å². The van der Waals surface area contributed by atoms with Crippen molar-refractivity contribution in [1.29, 1.82) is 0 Å². The molecule has 8 nitrogen and oxygen atoms in total. The summed E-state index contributed by atoms with van der Waals surface area (Å²) in [7, 11) is 0. The van der Waals surface area contributed by atoms with Gasteiger partial charge in [0, 0.05) is 40.0 Å². The second-order valence-electron chi connectivity index (χ2n) is 8.53. The first-order valence-electron chi connectivity index (χ1n) is 11.3. The Bertz CT molecular complexity index is 1530. The number of aryl methyl sites for hydroxylation is 1. The zero-order chi connectivity index (χ0) is 26.9. The Morgan fingerprint density at radius 3 is 2.51 bits per heavy atom. The molecule has 0 radical (unpaired) electrons. The van der Waals surface area contributed by atoms with Gasteiger partial charge >= 0.3 is 0 Å². The van der Waals surface area contributed by atoms with E-state index >= 15 is 4.39 Å². The Morgan fingerprint density at radius 2 is 1.92 bits per heavy atom. The molecule has 2 amide bonds. The molecule has 3 aromatic rings. The van der Waals surface area contributed by atoms with Gasteiger partial charge in [0.1, 0.15) is 5.69 Å². The van der Waals surface area contributed by atoms with Gasteiger partial charge in [0.05, 0.1) is 11.5 Å². The Hall–Kier alpha value is -4.92. The van der Waals surface area contributed by atoms with Crippen LogP contribution >= 0.6 is 0 Å². The summed E-state index contributed by atoms with van der Waals surface area (Å²) >= 11 is 0. The molecule has 0 aliphatic heterocycles. The number of H-pyrrole nitrogens is 1. The van der Waals surface area contributed by atoms with Crippen LogP contribution in [0.25, 0.3) is 22.8 Å². The molecule has 0 saturated carbocycles. The standard InChI is InChI=1S/C28H24FN5O3/c1-5-20-21(16-6-8-17(9-7-16)33-28(37)14(2)3)22(24(34-20)26(30)36)18-10-11-19(23(29)25(18)35)27-31-13-12-15(4)32-27/h5-13,18,34H,1-2H2,3-4H3,(H2,30,36)(H,33,37). The maximum atomic E-state index is 15.4. The van der Waals surface area contributed by atoms with E-state index < -0.39 is 23.4 Å². The zero-order valence-electron chi connectivity index (χ0n) is 20.3. The minimum absolute atomic E-state index is 0.0318. The number of carbonyl (C=O) groups excluding carboxylic acids is 3. The molecule has 1 aromatic carbocycles. The molecule has 0 saturated heterocycles. The lowest BCUT2D eigenvalue weighted by molar-refractivity contribution is -0.117. The maximum Gasteiger partial charge on any atom is 0.265 e. The van der Waals surface area contributed by atoms with Gasteiger partial charge in [-0.1, -0.05) is 37.4 Å². The fraction of sp³-hybridized carbons (Fsp3) is 0.107. The molecule has 4 rings (SSSR count). The molecule has 4 N–H and O–H groups in total. The number of benzene rings is 1. The topological polar surface area (TPSA) is 131 Å². The van der Waals surface area contributed by atoms with E-state index in [-0.39, 0.29) is 28.6 Å². The smallest absolute Gasteiger partial charge is 0.265 e. The third-order valence-corrected chi connectivity index (χ3v) is 5.87. The summed E-state index contributed by atoms with van der Waals surface area (Å²) in [6.07, 6.45) is 5.90. The number of ketones is 1. The van der Waals surface area contributed by atoms with Crippen LogP contribution in [0.4, 0.5) is 10.1 Å². The van der Waals surface area contributed by atoms with Gasteiger partial charge in [0.15, 0.2) is 11.7 Å². The highest BCUT2D eigenvalue weighted by molar-refractivity contribution is 6.11. The number of allylic oxidation sites excluding steroid dienone is 4. The number of Topliss-reactive ketones (excluding diaryl/α,β-unsaturated/α-hetero) is 1. The lowest BCUT2D eigenvalue weighted by Gasteiger charge is -2.19. The van der Waals surface area contributed by atoms with E-state index in [9.17, 15) is 14.4 Å². The number of nitrogens with zero attached hydrogens (tertiary/aromatic N) is 2. The van der Waals surface area contributed by atoms with Gasteiger partial charge in [-0.15, -0.1) is 0 Å². The van der Waals surface area contributed by atoms with Gasteiger partial charge in [-0.2, -0.15) is 0 Å². The number of primary amides is 1. The first-order chi connectivity index (χ1) is 17.6. The molecule has 1 aliphatic carbocycles. The summed E-state index contributed by atoms with van der Waals surface area (Å²) in [5.74, 6) is -4.06. The van der Waals surface area contributed by atoms with Crippen LogP contribution in [0, 0.1) is 6.92 Å². The van der Waals surface area contributed by atoms with Crippen molar-refractivity contribution in [3.63, 3.8) is 0 Å². The third-order valence-electron chi connectivity index (χ3n) is 5.87. The number of nitrogens with one attached hydrogen (secondary N) is 2. The van der Waals surface area contributed by atoms with E-state index in [4.69, 9.17) is 5.73 Å². The van der Waals surface area contributed by atoms with Crippen molar-refractivity contribution in [2.75, 3.05) is 5.32 Å². The van der Waals surface area contributed by atoms with E-state index in [2.05, 4.69) is 33.4 Å². The fourth-order valence-corrected chi connectivity index (χ4v) is 4.06. The van der Waals surface area contributed by atoms with Crippen molar-refractivity contribution in [1.82, 2.24) is 15.0 Å². The Balaban J connectivity index is 1.81. The van der Waals surface area contributed by atoms with Crippen molar-refractivity contribution in [2.45, 2.75) is 19.8 Å². The van der Waals surface area contributed by atoms with Crippen molar-refractivity contribution in [2.24, 2.45) is 5.73 Å². The van der Waals surface area contributed by atoms with Crippen molar-refractivity contribution in [3.8, 4) is 11.1 Å². The molecule has 0 spiro atoms. The van der Waals surface area contributed by atoms with Gasteiger partial charge in [-0.25, -0.2) is 14.4 Å². The Labute approximate surface area is 212 Å². The molecule has 186 valence electrons. The number of halogens is 1. The van der Waals surface area contributed by atoms with Crippen molar-refractivity contribution < 1.29 is 18.8 Å². The number of aromatic nitrogens is 3. The second kappa shape index (κ2) is 9.98. The predicted molar refractivity (Wildman–Crippen MR) is 140 cm³/mol. The quantitative estimate of drug-likeness (QED) is 0.409. The maximum absolute atomic E-state index is 15.4. The molecule has 0 fully saturated rings. The molecule has 9 heteroatoms.